The van der Waals surface area contributed by atoms with Crippen LogP contribution in [0, 0.1) is 0 Å². The van der Waals surface area contributed by atoms with Crippen LogP contribution in [0.2, 0.25) is 5.02 Å². The zero-order valence-corrected chi connectivity index (χ0v) is 17.4. The average molecular weight is 440 g/mol. The Balaban J connectivity index is 1.46. The normalized spacial score (nSPS) is 11.9. The molecule has 0 aliphatic rings. The van der Waals surface area contributed by atoms with Crippen molar-refractivity contribution in [1.82, 2.24) is 20.4 Å². The van der Waals surface area contributed by atoms with Crippen LogP contribution in [0.3, 0.4) is 0 Å². The van der Waals surface area contributed by atoms with Crippen molar-refractivity contribution in [2.24, 2.45) is 0 Å². The summed E-state index contributed by atoms with van der Waals surface area (Å²) in [5.41, 5.74) is 5.11. The number of carbonyl (C=O) groups excluding carboxylic acids is 1. The molecule has 0 unspecified atom stereocenters. The number of amides is 1. The van der Waals surface area contributed by atoms with Crippen LogP contribution in [-0.2, 0) is 17.8 Å². The van der Waals surface area contributed by atoms with Crippen molar-refractivity contribution in [3.8, 4) is 11.3 Å². The van der Waals surface area contributed by atoms with E-state index in [1.54, 1.807) is 24.0 Å². The molecule has 0 bridgehead atoms. The Hall–Kier alpha value is -3.07. The van der Waals surface area contributed by atoms with E-state index >= 15 is 0 Å². The summed E-state index contributed by atoms with van der Waals surface area (Å²) in [5.74, 6) is 0.0565. The number of pyridine rings is 1. The Labute approximate surface area is 182 Å². The van der Waals surface area contributed by atoms with Crippen LogP contribution in [0.15, 0.2) is 70.3 Å². The van der Waals surface area contributed by atoms with Crippen molar-refractivity contribution in [3.63, 3.8) is 0 Å². The molecule has 9 heteroatoms. The first kappa shape index (κ1) is 20.2. The highest BCUT2D eigenvalue weighted by atomic mass is 35.5. The number of rotatable bonds is 8. The first-order chi connectivity index (χ1) is 14.7. The molecule has 152 valence electrons. The van der Waals surface area contributed by atoms with Gasteiger partial charge in [-0.3, -0.25) is 20.4 Å². The minimum Gasteiger partial charge on any atom is -0.338 e. The van der Waals surface area contributed by atoms with Crippen molar-refractivity contribution < 1.29 is 9.32 Å². The number of carbonyl (C=O) groups is 1. The lowest BCUT2D eigenvalue weighted by atomic mass is 10.1. The van der Waals surface area contributed by atoms with Gasteiger partial charge in [0.2, 0.25) is 11.8 Å². The summed E-state index contributed by atoms with van der Waals surface area (Å²) in [6, 6.07) is 12.3. The van der Waals surface area contributed by atoms with Crippen molar-refractivity contribution in [1.29, 1.82) is 0 Å². The first-order valence-electron chi connectivity index (χ1n) is 9.20. The van der Waals surface area contributed by atoms with Crippen molar-refractivity contribution in [2.45, 2.75) is 19.0 Å². The average Bonchev–Trinajstić information content (AvgIpc) is 3.45. The quantitative estimate of drug-likeness (QED) is 0.427. The third-order valence-electron chi connectivity index (χ3n) is 4.42. The third-order valence-corrected chi connectivity index (χ3v) is 5.30. The zero-order valence-electron chi connectivity index (χ0n) is 15.8. The fourth-order valence-corrected chi connectivity index (χ4v) is 3.55. The highest BCUT2D eigenvalue weighted by molar-refractivity contribution is 7.07. The van der Waals surface area contributed by atoms with Gasteiger partial charge in [-0.1, -0.05) is 28.9 Å². The Kier molecular flexibility index (Phi) is 6.48. The number of anilines is 1. The predicted octanol–water partition coefficient (Wildman–Crippen LogP) is 4.19. The van der Waals surface area contributed by atoms with Gasteiger partial charge in [0, 0.05) is 41.0 Å². The number of aromatic nitrogens is 3. The zero-order chi connectivity index (χ0) is 20.8. The molecule has 0 aliphatic heterocycles. The molecule has 1 amide bonds. The number of hydrogen-bond donors (Lipinski definition) is 2. The molecule has 4 rings (SSSR count). The summed E-state index contributed by atoms with van der Waals surface area (Å²) >= 11 is 7.49. The van der Waals surface area contributed by atoms with Gasteiger partial charge in [0.15, 0.2) is 0 Å². The number of nitrogens with zero attached hydrogens (tertiary/aromatic N) is 3. The molecule has 7 nitrogen and oxygen atoms in total. The molecule has 0 saturated heterocycles. The summed E-state index contributed by atoms with van der Waals surface area (Å²) in [6.07, 6.45) is 3.83. The Morgan fingerprint density at radius 1 is 1.17 bits per heavy atom. The number of hydrogen-bond acceptors (Lipinski definition) is 7. The molecule has 1 atom stereocenters. The Bertz CT molecular complexity index is 1080. The molecule has 3 aromatic heterocycles. The highest BCUT2D eigenvalue weighted by Gasteiger charge is 2.21. The molecule has 30 heavy (non-hydrogen) atoms. The molecular formula is C21H18ClN5O2S. The Morgan fingerprint density at radius 3 is 2.70 bits per heavy atom. The lowest BCUT2D eigenvalue weighted by Crippen LogP contribution is -2.41. The van der Waals surface area contributed by atoms with E-state index in [9.17, 15) is 4.79 Å². The van der Waals surface area contributed by atoms with Crippen molar-refractivity contribution in [2.75, 3.05) is 5.32 Å². The molecule has 3 heterocycles. The summed E-state index contributed by atoms with van der Waals surface area (Å²) in [7, 11) is 0. The molecule has 0 saturated carbocycles. The fraction of sp³-hybridized carbons (Fsp3) is 0.143. The van der Waals surface area contributed by atoms with Crippen LogP contribution >= 0.6 is 22.9 Å². The minimum absolute atomic E-state index is 0.224. The highest BCUT2D eigenvalue weighted by Crippen LogP contribution is 2.21. The summed E-state index contributed by atoms with van der Waals surface area (Å²) < 4.78 is 5.30. The standard InChI is InChI=1S/C21H18ClN5O2S/c22-16-3-1-14(2-4-16)9-19(24-11-17-12-30-13-25-17)21(28)26-20-10-18(27-29-20)15-5-7-23-8-6-15/h1-8,10,12-13,19,24H,9,11H2,(H,26,28)/t19-/m0/s1. The maximum absolute atomic E-state index is 13.0. The van der Waals surface area contributed by atoms with Crippen LogP contribution < -0.4 is 10.6 Å². The van der Waals surface area contributed by atoms with Gasteiger partial charge < -0.3 is 4.52 Å². The van der Waals surface area contributed by atoms with Gasteiger partial charge in [-0.15, -0.1) is 11.3 Å². The van der Waals surface area contributed by atoms with Crippen LogP contribution in [0.4, 0.5) is 5.88 Å². The van der Waals surface area contributed by atoms with E-state index in [1.807, 2.05) is 41.8 Å². The van der Waals surface area contributed by atoms with Crippen LogP contribution in [0.25, 0.3) is 11.3 Å². The van der Waals surface area contributed by atoms with Crippen LogP contribution in [-0.4, -0.2) is 27.1 Å². The molecule has 0 spiro atoms. The number of benzene rings is 1. The summed E-state index contributed by atoms with van der Waals surface area (Å²) in [5, 5.41) is 12.7. The van der Waals surface area contributed by atoms with E-state index in [2.05, 4.69) is 25.8 Å². The maximum atomic E-state index is 13.0. The lowest BCUT2D eigenvalue weighted by molar-refractivity contribution is -0.118. The van der Waals surface area contributed by atoms with Crippen molar-refractivity contribution in [3.05, 3.63) is 82.0 Å². The largest absolute Gasteiger partial charge is 0.338 e. The van der Waals surface area contributed by atoms with E-state index in [1.165, 1.54) is 11.3 Å². The second kappa shape index (κ2) is 9.62. The van der Waals surface area contributed by atoms with Gasteiger partial charge in [0.25, 0.3) is 0 Å². The smallest absolute Gasteiger partial charge is 0.244 e. The van der Waals surface area contributed by atoms with Crippen LogP contribution in [0.1, 0.15) is 11.3 Å². The predicted molar refractivity (Wildman–Crippen MR) is 116 cm³/mol. The van der Waals surface area contributed by atoms with E-state index in [0.29, 0.717) is 23.7 Å². The SMILES string of the molecule is O=C(Nc1cc(-c2ccncc2)no1)[C@H](Cc1ccc(Cl)cc1)NCc1cscn1. The number of halogens is 1. The van der Waals surface area contributed by atoms with Gasteiger partial charge in [0.1, 0.15) is 5.69 Å². The van der Waals surface area contributed by atoms with Gasteiger partial charge in [-0.25, -0.2) is 4.98 Å². The molecule has 4 aromatic rings. The lowest BCUT2D eigenvalue weighted by Gasteiger charge is -2.17. The molecular weight excluding hydrogens is 422 g/mol. The van der Waals surface area contributed by atoms with E-state index in [0.717, 1.165) is 16.8 Å². The molecule has 1 aromatic carbocycles. The van der Waals surface area contributed by atoms with Gasteiger partial charge in [-0.2, -0.15) is 0 Å². The maximum Gasteiger partial charge on any atom is 0.244 e. The molecule has 0 fully saturated rings. The molecule has 0 aliphatic carbocycles. The Morgan fingerprint density at radius 2 is 1.97 bits per heavy atom. The topological polar surface area (TPSA) is 92.9 Å². The number of nitrogens with one attached hydrogen (secondary N) is 2. The first-order valence-corrected chi connectivity index (χ1v) is 10.5. The van der Waals surface area contributed by atoms with E-state index in [-0.39, 0.29) is 11.8 Å². The second-order valence-corrected chi connectivity index (χ2v) is 7.70. The molecule has 2 N–H and O–H groups in total. The van der Waals surface area contributed by atoms with E-state index in [4.69, 9.17) is 16.1 Å². The summed E-state index contributed by atoms with van der Waals surface area (Å²) in [6.45, 7) is 0.480. The van der Waals surface area contributed by atoms with Crippen LogP contribution in [0.5, 0.6) is 0 Å². The monoisotopic (exact) mass is 439 g/mol. The second-order valence-electron chi connectivity index (χ2n) is 6.55. The number of thiazole rings is 1. The third kappa shape index (κ3) is 5.29. The van der Waals surface area contributed by atoms with Gasteiger partial charge >= 0.3 is 0 Å². The minimum atomic E-state index is -0.498. The summed E-state index contributed by atoms with van der Waals surface area (Å²) in [4.78, 5) is 21.2. The van der Waals surface area contributed by atoms with E-state index < -0.39 is 6.04 Å². The molecule has 0 radical (unpaired) electrons. The van der Waals surface area contributed by atoms with Gasteiger partial charge in [-0.05, 0) is 36.2 Å². The fourth-order valence-electron chi connectivity index (χ4n) is 2.87. The van der Waals surface area contributed by atoms with Gasteiger partial charge in [0.05, 0.1) is 17.2 Å². The van der Waals surface area contributed by atoms with Crippen molar-refractivity contribution >= 4 is 34.7 Å².